The van der Waals surface area contributed by atoms with Gasteiger partial charge in [0.1, 0.15) is 0 Å². The van der Waals surface area contributed by atoms with E-state index in [1.54, 1.807) is 12.1 Å². The van der Waals surface area contributed by atoms with Gasteiger partial charge in [-0.25, -0.2) is 4.79 Å². The third-order valence-corrected chi connectivity index (χ3v) is 4.51. The van der Waals surface area contributed by atoms with Crippen LogP contribution in [0.3, 0.4) is 0 Å². The first-order valence-corrected chi connectivity index (χ1v) is 8.12. The second kappa shape index (κ2) is 6.22. The van der Waals surface area contributed by atoms with Crippen molar-refractivity contribution in [1.82, 2.24) is 4.57 Å². The van der Waals surface area contributed by atoms with Gasteiger partial charge in [0.25, 0.3) is 0 Å². The van der Waals surface area contributed by atoms with Gasteiger partial charge in [0.2, 0.25) is 0 Å². The fourth-order valence-corrected chi connectivity index (χ4v) is 3.01. The number of aryl methyl sites for hydroxylation is 1. The number of hydrogen-bond donors (Lipinski definition) is 1. The Labute approximate surface area is 147 Å². The molecule has 0 bridgehead atoms. The Kier molecular flexibility index (Phi) is 4.28. The van der Waals surface area contributed by atoms with E-state index >= 15 is 0 Å². The Morgan fingerprint density at radius 1 is 1.09 bits per heavy atom. The predicted octanol–water partition coefficient (Wildman–Crippen LogP) is 5.57. The lowest BCUT2D eigenvalue weighted by Gasteiger charge is -2.13. The summed E-state index contributed by atoms with van der Waals surface area (Å²) in [6, 6.07) is 17.1. The third-order valence-electron chi connectivity index (χ3n) is 3.65. The summed E-state index contributed by atoms with van der Waals surface area (Å²) in [7, 11) is 0. The van der Waals surface area contributed by atoms with Crippen molar-refractivity contribution in [2.75, 3.05) is 0 Å². The number of carboxylic acid groups (broad SMARTS) is 1. The second-order valence-electron chi connectivity index (χ2n) is 5.17. The van der Waals surface area contributed by atoms with E-state index in [4.69, 9.17) is 11.6 Å². The van der Waals surface area contributed by atoms with Crippen LogP contribution in [0.15, 0.2) is 59.1 Å². The normalized spacial score (nSPS) is 10.7. The van der Waals surface area contributed by atoms with Crippen LogP contribution in [-0.4, -0.2) is 15.6 Å². The molecule has 3 nitrogen and oxygen atoms in total. The highest BCUT2D eigenvalue weighted by atomic mass is 79.9. The number of benzene rings is 2. The molecule has 5 heteroatoms. The first-order valence-electron chi connectivity index (χ1n) is 6.95. The average Bonchev–Trinajstić information content (AvgIpc) is 2.90. The number of aromatic nitrogens is 1. The molecule has 0 aliphatic carbocycles. The van der Waals surface area contributed by atoms with Crippen molar-refractivity contribution in [3.8, 4) is 16.9 Å². The molecule has 3 rings (SSSR count). The first-order chi connectivity index (χ1) is 11.0. The SMILES string of the molecule is Cc1ccc(-c2ccc(Br)cc2)n1-c1ccc(Cl)c(C(=O)O)c1. The lowest BCUT2D eigenvalue weighted by Crippen LogP contribution is -2.03. The predicted molar refractivity (Wildman–Crippen MR) is 95.6 cm³/mol. The van der Waals surface area contributed by atoms with Crippen LogP contribution in [0, 0.1) is 6.92 Å². The van der Waals surface area contributed by atoms with Crippen LogP contribution in [0.1, 0.15) is 16.1 Å². The highest BCUT2D eigenvalue weighted by Gasteiger charge is 2.14. The number of carbonyl (C=O) groups is 1. The van der Waals surface area contributed by atoms with Crippen molar-refractivity contribution < 1.29 is 9.90 Å². The molecule has 0 aliphatic heterocycles. The number of rotatable bonds is 3. The Hall–Kier alpha value is -2.04. The molecule has 0 saturated carbocycles. The number of aromatic carboxylic acids is 1. The van der Waals surface area contributed by atoms with E-state index in [1.807, 2.05) is 54.0 Å². The fraction of sp³-hybridized carbons (Fsp3) is 0.0556. The molecule has 0 unspecified atom stereocenters. The van der Waals surface area contributed by atoms with Gasteiger partial charge >= 0.3 is 5.97 Å². The van der Waals surface area contributed by atoms with E-state index in [-0.39, 0.29) is 10.6 Å². The molecule has 0 aliphatic rings. The molecule has 0 spiro atoms. The van der Waals surface area contributed by atoms with Crippen LogP contribution >= 0.6 is 27.5 Å². The van der Waals surface area contributed by atoms with E-state index in [0.717, 1.165) is 27.1 Å². The average molecular weight is 391 g/mol. The molecule has 0 atom stereocenters. The van der Waals surface area contributed by atoms with Crippen molar-refractivity contribution in [2.24, 2.45) is 0 Å². The summed E-state index contributed by atoms with van der Waals surface area (Å²) in [6.45, 7) is 1.98. The van der Waals surface area contributed by atoms with Crippen LogP contribution in [0.4, 0.5) is 0 Å². The summed E-state index contributed by atoms with van der Waals surface area (Å²) in [4.78, 5) is 11.3. The lowest BCUT2D eigenvalue weighted by molar-refractivity contribution is 0.0697. The minimum atomic E-state index is -1.04. The lowest BCUT2D eigenvalue weighted by atomic mass is 10.1. The molecule has 23 heavy (non-hydrogen) atoms. The van der Waals surface area contributed by atoms with E-state index < -0.39 is 5.97 Å². The quantitative estimate of drug-likeness (QED) is 0.635. The van der Waals surface area contributed by atoms with Gasteiger partial charge in [-0.3, -0.25) is 0 Å². The Balaban J connectivity index is 2.18. The summed E-state index contributed by atoms with van der Waals surface area (Å²) in [5.41, 5.74) is 3.93. The zero-order valence-corrected chi connectivity index (χ0v) is 14.6. The largest absolute Gasteiger partial charge is 0.478 e. The first kappa shape index (κ1) is 15.8. The molecular weight excluding hydrogens is 378 g/mol. The van der Waals surface area contributed by atoms with Gasteiger partial charge in [-0.1, -0.05) is 39.7 Å². The summed E-state index contributed by atoms with van der Waals surface area (Å²) in [5.74, 6) is -1.04. The molecule has 116 valence electrons. The van der Waals surface area contributed by atoms with E-state index in [2.05, 4.69) is 15.9 Å². The molecule has 0 saturated heterocycles. The number of hydrogen-bond acceptors (Lipinski definition) is 1. The Morgan fingerprint density at radius 2 is 1.78 bits per heavy atom. The third kappa shape index (κ3) is 3.05. The summed E-state index contributed by atoms with van der Waals surface area (Å²) >= 11 is 9.40. The molecule has 1 aromatic heterocycles. The fourth-order valence-electron chi connectivity index (χ4n) is 2.54. The highest BCUT2D eigenvalue weighted by molar-refractivity contribution is 9.10. The minimum Gasteiger partial charge on any atom is -0.478 e. The molecule has 3 aromatic rings. The van der Waals surface area contributed by atoms with Crippen LogP contribution in [0.25, 0.3) is 16.9 Å². The van der Waals surface area contributed by atoms with Crippen molar-refractivity contribution in [1.29, 1.82) is 0 Å². The van der Waals surface area contributed by atoms with Gasteiger partial charge in [-0.05, 0) is 55.0 Å². The van der Waals surface area contributed by atoms with Gasteiger partial charge in [-0.2, -0.15) is 0 Å². The van der Waals surface area contributed by atoms with Crippen LogP contribution in [0.2, 0.25) is 5.02 Å². The van der Waals surface area contributed by atoms with Crippen LogP contribution in [-0.2, 0) is 0 Å². The van der Waals surface area contributed by atoms with E-state index in [0.29, 0.717) is 0 Å². The Bertz CT molecular complexity index is 885. The zero-order valence-electron chi connectivity index (χ0n) is 12.3. The molecule has 0 radical (unpaired) electrons. The van der Waals surface area contributed by atoms with Crippen molar-refractivity contribution in [3.63, 3.8) is 0 Å². The maximum absolute atomic E-state index is 11.3. The monoisotopic (exact) mass is 389 g/mol. The maximum atomic E-state index is 11.3. The Morgan fingerprint density at radius 3 is 2.43 bits per heavy atom. The van der Waals surface area contributed by atoms with Gasteiger partial charge in [0, 0.05) is 15.9 Å². The van der Waals surface area contributed by atoms with Gasteiger partial charge < -0.3 is 9.67 Å². The zero-order chi connectivity index (χ0) is 16.6. The van der Waals surface area contributed by atoms with E-state index in [9.17, 15) is 9.90 Å². The van der Waals surface area contributed by atoms with Crippen molar-refractivity contribution in [3.05, 3.63) is 75.4 Å². The topological polar surface area (TPSA) is 42.2 Å². The number of nitrogens with zero attached hydrogens (tertiary/aromatic N) is 1. The standard InChI is InChI=1S/C18H13BrClNO2/c1-11-2-9-17(12-3-5-13(19)6-4-12)21(11)14-7-8-16(20)15(10-14)18(22)23/h2-10H,1H3,(H,22,23). The molecule has 2 aromatic carbocycles. The van der Waals surface area contributed by atoms with Gasteiger partial charge in [0.05, 0.1) is 16.3 Å². The van der Waals surface area contributed by atoms with Crippen LogP contribution < -0.4 is 0 Å². The van der Waals surface area contributed by atoms with Crippen molar-refractivity contribution in [2.45, 2.75) is 6.92 Å². The van der Waals surface area contributed by atoms with Gasteiger partial charge in [-0.15, -0.1) is 0 Å². The summed E-state index contributed by atoms with van der Waals surface area (Å²) in [5, 5.41) is 9.51. The minimum absolute atomic E-state index is 0.0963. The molecule has 0 fully saturated rings. The van der Waals surface area contributed by atoms with E-state index in [1.165, 1.54) is 0 Å². The number of carboxylic acids is 1. The molecule has 1 N–H and O–H groups in total. The smallest absolute Gasteiger partial charge is 0.337 e. The molecular formula is C18H13BrClNO2. The number of halogens is 2. The van der Waals surface area contributed by atoms with Crippen LogP contribution in [0.5, 0.6) is 0 Å². The van der Waals surface area contributed by atoms with Crippen molar-refractivity contribution >= 4 is 33.5 Å². The summed E-state index contributed by atoms with van der Waals surface area (Å²) in [6.07, 6.45) is 0. The highest BCUT2D eigenvalue weighted by Crippen LogP contribution is 2.29. The maximum Gasteiger partial charge on any atom is 0.337 e. The molecule has 0 amide bonds. The second-order valence-corrected chi connectivity index (χ2v) is 6.49. The summed E-state index contributed by atoms with van der Waals surface area (Å²) < 4.78 is 3.03. The van der Waals surface area contributed by atoms with Gasteiger partial charge in [0.15, 0.2) is 0 Å². The molecule has 1 heterocycles.